The summed E-state index contributed by atoms with van der Waals surface area (Å²) in [5.41, 5.74) is 0.271. The zero-order chi connectivity index (χ0) is 18.1. The van der Waals surface area contributed by atoms with Crippen molar-refractivity contribution in [3.05, 3.63) is 58.9 Å². The average molecular weight is 349 g/mol. The van der Waals surface area contributed by atoms with Crippen LogP contribution in [0.1, 0.15) is 15.9 Å². The minimum Gasteiger partial charge on any atom is -0.350 e. The van der Waals surface area contributed by atoms with E-state index in [1.54, 1.807) is 20.0 Å². The molecule has 0 aromatic heterocycles. The first-order valence-electron chi connectivity index (χ1n) is 7.88. The van der Waals surface area contributed by atoms with E-state index in [-0.39, 0.29) is 23.0 Å². The fourth-order valence-corrected chi connectivity index (χ4v) is 2.70. The molecule has 7 heteroatoms. The Morgan fingerprint density at radius 2 is 1.84 bits per heavy atom. The second-order valence-electron chi connectivity index (χ2n) is 6.09. The number of likely N-dealkylation sites (tertiary alicyclic amines) is 1. The molecule has 1 aliphatic rings. The Hall–Kier alpha value is -2.54. The van der Waals surface area contributed by atoms with Crippen LogP contribution in [0.15, 0.2) is 30.3 Å². The van der Waals surface area contributed by atoms with E-state index in [1.807, 2.05) is 0 Å². The Bertz CT molecular complexity index is 819. The van der Waals surface area contributed by atoms with Gasteiger partial charge in [0.1, 0.15) is 5.82 Å². The molecule has 0 aliphatic carbocycles. The first kappa shape index (κ1) is 17.3. The lowest BCUT2D eigenvalue weighted by atomic mass is 10.0. The number of aryl methyl sites for hydroxylation is 1. The molecule has 1 aliphatic heterocycles. The quantitative estimate of drug-likeness (QED) is 0.891. The van der Waals surface area contributed by atoms with Crippen molar-refractivity contribution < 1.29 is 18.0 Å². The summed E-state index contributed by atoms with van der Waals surface area (Å²) in [6.45, 7) is 2.67. The van der Waals surface area contributed by atoms with Gasteiger partial charge in [0.05, 0.1) is 16.9 Å². The monoisotopic (exact) mass is 349 g/mol. The van der Waals surface area contributed by atoms with Gasteiger partial charge in [0.25, 0.3) is 5.91 Å². The lowest BCUT2D eigenvalue weighted by Crippen LogP contribution is -2.59. The van der Waals surface area contributed by atoms with Gasteiger partial charge in [-0.25, -0.2) is 13.2 Å². The number of nitrogens with one attached hydrogen (secondary N) is 2. The van der Waals surface area contributed by atoms with E-state index in [2.05, 4.69) is 10.6 Å². The number of nitrogens with zero attached hydrogens (tertiary/aromatic N) is 1. The molecule has 1 fully saturated rings. The maximum absolute atomic E-state index is 14.3. The molecular weight excluding hydrogens is 331 g/mol. The molecular formula is C18H18F3N3O. The minimum absolute atomic E-state index is 0.0270. The van der Waals surface area contributed by atoms with Gasteiger partial charge < -0.3 is 15.5 Å². The average Bonchev–Trinajstić information content (AvgIpc) is 2.53. The molecule has 0 radical (unpaired) electrons. The normalized spacial score (nSPS) is 14.4. The van der Waals surface area contributed by atoms with Crippen molar-refractivity contribution in [1.82, 2.24) is 10.2 Å². The number of carbonyl (C=O) groups is 1. The van der Waals surface area contributed by atoms with E-state index in [4.69, 9.17) is 0 Å². The summed E-state index contributed by atoms with van der Waals surface area (Å²) in [7, 11) is 1.79. The van der Waals surface area contributed by atoms with Crippen molar-refractivity contribution in [2.75, 3.05) is 25.5 Å². The van der Waals surface area contributed by atoms with Crippen molar-refractivity contribution in [1.29, 1.82) is 0 Å². The fourth-order valence-electron chi connectivity index (χ4n) is 2.70. The van der Waals surface area contributed by atoms with Crippen molar-refractivity contribution >= 4 is 17.3 Å². The molecule has 25 heavy (non-hydrogen) atoms. The highest BCUT2D eigenvalue weighted by Gasteiger charge is 2.32. The lowest BCUT2D eigenvalue weighted by Gasteiger charge is -2.39. The van der Waals surface area contributed by atoms with Crippen LogP contribution in [0, 0.1) is 24.4 Å². The SMILES string of the molecule is CNC1CN(C(=O)c2ccc(F)c(F)c2Nc2ccc(C)cc2F)C1. The molecule has 0 bridgehead atoms. The van der Waals surface area contributed by atoms with Crippen molar-refractivity contribution in [3.8, 4) is 0 Å². The van der Waals surface area contributed by atoms with E-state index in [0.29, 0.717) is 18.7 Å². The second-order valence-corrected chi connectivity index (χ2v) is 6.09. The predicted molar refractivity (Wildman–Crippen MR) is 89.5 cm³/mol. The molecule has 0 saturated carbocycles. The van der Waals surface area contributed by atoms with Gasteiger partial charge in [-0.3, -0.25) is 4.79 Å². The standard InChI is InChI=1S/C18H18F3N3O/c1-10-3-6-15(14(20)7-10)23-17-12(4-5-13(19)16(17)21)18(25)24-8-11(9-24)22-2/h3-7,11,22-23H,8-9H2,1-2H3. The highest BCUT2D eigenvalue weighted by Crippen LogP contribution is 2.30. The maximum atomic E-state index is 14.3. The Kier molecular flexibility index (Phi) is 4.67. The van der Waals surface area contributed by atoms with Crippen LogP contribution >= 0.6 is 0 Å². The van der Waals surface area contributed by atoms with Crippen molar-refractivity contribution in [2.24, 2.45) is 0 Å². The Morgan fingerprint density at radius 3 is 2.48 bits per heavy atom. The van der Waals surface area contributed by atoms with Crippen molar-refractivity contribution in [2.45, 2.75) is 13.0 Å². The molecule has 0 spiro atoms. The molecule has 3 rings (SSSR count). The zero-order valence-corrected chi connectivity index (χ0v) is 13.9. The summed E-state index contributed by atoms with van der Waals surface area (Å²) in [6, 6.07) is 6.62. The highest BCUT2D eigenvalue weighted by molar-refractivity contribution is 6.01. The summed E-state index contributed by atoms with van der Waals surface area (Å²) < 4.78 is 42.0. The van der Waals surface area contributed by atoms with Gasteiger partial charge in [-0.1, -0.05) is 6.07 Å². The maximum Gasteiger partial charge on any atom is 0.256 e. The lowest BCUT2D eigenvalue weighted by molar-refractivity contribution is 0.0577. The molecule has 1 heterocycles. The van der Waals surface area contributed by atoms with Crippen LogP contribution in [0.25, 0.3) is 0 Å². The zero-order valence-electron chi connectivity index (χ0n) is 13.9. The topological polar surface area (TPSA) is 44.4 Å². The van der Waals surface area contributed by atoms with E-state index in [0.717, 1.165) is 6.07 Å². The highest BCUT2D eigenvalue weighted by atomic mass is 19.2. The second kappa shape index (κ2) is 6.76. The van der Waals surface area contributed by atoms with Gasteiger partial charge in [0, 0.05) is 19.1 Å². The number of anilines is 2. The van der Waals surface area contributed by atoms with Gasteiger partial charge >= 0.3 is 0 Å². The first-order chi connectivity index (χ1) is 11.9. The molecule has 132 valence electrons. The molecule has 2 N–H and O–H groups in total. The third-order valence-corrected chi connectivity index (χ3v) is 4.29. The van der Waals surface area contributed by atoms with E-state index < -0.39 is 23.4 Å². The van der Waals surface area contributed by atoms with Gasteiger partial charge in [0.2, 0.25) is 0 Å². The van der Waals surface area contributed by atoms with E-state index in [9.17, 15) is 18.0 Å². The summed E-state index contributed by atoms with van der Waals surface area (Å²) in [6.07, 6.45) is 0. The number of rotatable bonds is 4. The Balaban J connectivity index is 1.94. The van der Waals surface area contributed by atoms with Crippen molar-refractivity contribution in [3.63, 3.8) is 0 Å². The van der Waals surface area contributed by atoms with Crippen LogP contribution in [0.2, 0.25) is 0 Å². The van der Waals surface area contributed by atoms with Crippen LogP contribution < -0.4 is 10.6 Å². The third kappa shape index (κ3) is 3.32. The molecule has 2 aromatic rings. The third-order valence-electron chi connectivity index (χ3n) is 4.29. The molecule has 0 atom stereocenters. The van der Waals surface area contributed by atoms with Crippen LogP contribution in [0.4, 0.5) is 24.5 Å². The number of halogens is 3. The number of benzene rings is 2. The van der Waals surface area contributed by atoms with Gasteiger partial charge in [-0.15, -0.1) is 0 Å². The number of likely N-dealkylation sites (N-methyl/N-ethyl adjacent to an activating group) is 1. The number of amides is 1. The van der Waals surface area contributed by atoms with Crippen LogP contribution in [-0.4, -0.2) is 37.0 Å². The fraction of sp³-hybridized carbons (Fsp3) is 0.278. The van der Waals surface area contributed by atoms with Crippen LogP contribution in [0.5, 0.6) is 0 Å². The summed E-state index contributed by atoms with van der Waals surface area (Å²) in [4.78, 5) is 14.1. The van der Waals surface area contributed by atoms with Gasteiger partial charge in [-0.2, -0.15) is 0 Å². The smallest absolute Gasteiger partial charge is 0.256 e. The summed E-state index contributed by atoms with van der Waals surface area (Å²) >= 11 is 0. The van der Waals surface area contributed by atoms with Crippen LogP contribution in [-0.2, 0) is 0 Å². The largest absolute Gasteiger partial charge is 0.350 e. The predicted octanol–water partition coefficient (Wildman–Crippen LogP) is 3.20. The molecule has 2 aromatic carbocycles. The molecule has 0 unspecified atom stereocenters. The molecule has 1 saturated heterocycles. The Labute approximate surface area is 143 Å². The van der Waals surface area contributed by atoms with Crippen LogP contribution in [0.3, 0.4) is 0 Å². The Morgan fingerprint density at radius 1 is 1.12 bits per heavy atom. The van der Waals surface area contributed by atoms with Gasteiger partial charge in [0.15, 0.2) is 11.6 Å². The molecule has 4 nitrogen and oxygen atoms in total. The van der Waals surface area contributed by atoms with Gasteiger partial charge in [-0.05, 0) is 43.8 Å². The number of hydrogen-bond acceptors (Lipinski definition) is 3. The summed E-state index contributed by atoms with van der Waals surface area (Å²) in [5, 5.41) is 5.57. The van der Waals surface area contributed by atoms with E-state index >= 15 is 0 Å². The summed E-state index contributed by atoms with van der Waals surface area (Å²) in [5.74, 6) is -3.36. The van der Waals surface area contributed by atoms with E-state index in [1.165, 1.54) is 23.1 Å². The minimum atomic E-state index is -1.21. The first-order valence-corrected chi connectivity index (χ1v) is 7.88. The molecule has 1 amide bonds. The number of hydrogen-bond donors (Lipinski definition) is 2. The number of carbonyl (C=O) groups excluding carboxylic acids is 1.